The fraction of sp³-hybridized carbons (Fsp3) is 0.133. The molecule has 2 aromatic rings. The molecule has 2 N–H and O–H groups in total. The molecule has 0 unspecified atom stereocenters. The number of benzene rings is 2. The number of carbonyl (C=O) groups is 1. The Labute approximate surface area is 119 Å². The van der Waals surface area contributed by atoms with Crippen molar-refractivity contribution in [2.75, 3.05) is 5.32 Å². The monoisotopic (exact) mass is 295 g/mol. The average Bonchev–Trinajstić information content (AvgIpc) is 2.40. The van der Waals surface area contributed by atoms with Crippen molar-refractivity contribution in [3.63, 3.8) is 0 Å². The molecular weight excluding hydrogens is 283 g/mol. The number of carboxylic acid groups (broad SMARTS) is 1. The van der Waals surface area contributed by atoms with E-state index in [0.717, 1.165) is 12.1 Å². The van der Waals surface area contributed by atoms with Crippen LogP contribution in [0.5, 0.6) is 0 Å². The molecule has 110 valence electrons. The third-order valence-corrected chi connectivity index (χ3v) is 2.96. The van der Waals surface area contributed by atoms with Crippen LogP contribution in [0.25, 0.3) is 0 Å². The Kier molecular flexibility index (Phi) is 3.88. The van der Waals surface area contributed by atoms with Gasteiger partial charge in [0.15, 0.2) is 0 Å². The zero-order chi connectivity index (χ0) is 15.6. The first-order chi connectivity index (χ1) is 9.77. The van der Waals surface area contributed by atoms with Crippen molar-refractivity contribution in [3.8, 4) is 0 Å². The van der Waals surface area contributed by atoms with Crippen molar-refractivity contribution in [1.29, 1.82) is 0 Å². The maximum atomic E-state index is 12.5. The number of carboxylic acids is 1. The Morgan fingerprint density at radius 2 is 1.71 bits per heavy atom. The van der Waals surface area contributed by atoms with Crippen LogP contribution in [0.15, 0.2) is 42.5 Å². The summed E-state index contributed by atoms with van der Waals surface area (Å²) in [6.45, 7) is 1.72. The van der Waals surface area contributed by atoms with E-state index < -0.39 is 17.7 Å². The van der Waals surface area contributed by atoms with Gasteiger partial charge in [-0.25, -0.2) is 4.79 Å². The lowest BCUT2D eigenvalue weighted by Gasteiger charge is -2.12. The highest BCUT2D eigenvalue weighted by molar-refractivity contribution is 5.88. The molecule has 0 fully saturated rings. The van der Waals surface area contributed by atoms with Crippen molar-refractivity contribution in [2.45, 2.75) is 13.1 Å². The van der Waals surface area contributed by atoms with E-state index in [9.17, 15) is 18.0 Å². The van der Waals surface area contributed by atoms with Crippen molar-refractivity contribution in [1.82, 2.24) is 0 Å². The number of halogens is 3. The summed E-state index contributed by atoms with van der Waals surface area (Å²) >= 11 is 0. The topological polar surface area (TPSA) is 49.3 Å². The van der Waals surface area contributed by atoms with E-state index in [1.807, 2.05) is 0 Å². The van der Waals surface area contributed by atoms with Gasteiger partial charge in [-0.15, -0.1) is 0 Å². The lowest BCUT2D eigenvalue weighted by atomic mass is 10.1. The molecule has 0 atom stereocenters. The number of aromatic carboxylic acids is 1. The number of alkyl halides is 3. The van der Waals surface area contributed by atoms with Gasteiger partial charge in [-0.2, -0.15) is 13.2 Å². The van der Waals surface area contributed by atoms with Gasteiger partial charge < -0.3 is 10.4 Å². The molecule has 0 heterocycles. The third kappa shape index (κ3) is 3.53. The molecule has 2 aromatic carbocycles. The van der Waals surface area contributed by atoms with Crippen LogP contribution in [0.3, 0.4) is 0 Å². The molecule has 0 saturated carbocycles. The molecule has 0 spiro atoms. The van der Waals surface area contributed by atoms with Crippen LogP contribution in [-0.4, -0.2) is 11.1 Å². The molecule has 0 aromatic heterocycles. The first-order valence-electron chi connectivity index (χ1n) is 6.05. The van der Waals surface area contributed by atoms with Crippen molar-refractivity contribution in [3.05, 3.63) is 59.2 Å². The van der Waals surface area contributed by atoms with E-state index in [4.69, 9.17) is 5.11 Å². The first kappa shape index (κ1) is 14.9. The minimum Gasteiger partial charge on any atom is -0.478 e. The van der Waals surface area contributed by atoms with E-state index in [1.54, 1.807) is 13.0 Å². The van der Waals surface area contributed by atoms with Gasteiger partial charge in [0.1, 0.15) is 0 Å². The van der Waals surface area contributed by atoms with Gasteiger partial charge in [-0.1, -0.05) is 0 Å². The maximum absolute atomic E-state index is 12.5. The molecule has 6 heteroatoms. The number of rotatable bonds is 3. The van der Waals surface area contributed by atoms with E-state index >= 15 is 0 Å². The van der Waals surface area contributed by atoms with Gasteiger partial charge in [-0.05, 0) is 55.0 Å². The van der Waals surface area contributed by atoms with Gasteiger partial charge in [0.05, 0.1) is 11.1 Å². The highest BCUT2D eigenvalue weighted by Gasteiger charge is 2.29. The quantitative estimate of drug-likeness (QED) is 0.879. The van der Waals surface area contributed by atoms with Crippen molar-refractivity contribution in [2.24, 2.45) is 0 Å². The number of anilines is 2. The fourth-order valence-corrected chi connectivity index (χ4v) is 1.83. The molecule has 0 saturated heterocycles. The molecule has 2 rings (SSSR count). The average molecular weight is 295 g/mol. The number of hydrogen-bond donors (Lipinski definition) is 2. The van der Waals surface area contributed by atoms with E-state index in [-0.39, 0.29) is 5.56 Å². The molecule has 3 nitrogen and oxygen atoms in total. The zero-order valence-electron chi connectivity index (χ0n) is 11.0. The largest absolute Gasteiger partial charge is 0.478 e. The van der Waals surface area contributed by atoms with Gasteiger partial charge in [0.2, 0.25) is 0 Å². The Balaban J connectivity index is 2.20. The summed E-state index contributed by atoms with van der Waals surface area (Å²) in [5.74, 6) is -1.03. The van der Waals surface area contributed by atoms with Gasteiger partial charge in [0.25, 0.3) is 0 Å². The van der Waals surface area contributed by atoms with Crippen LogP contribution in [0.2, 0.25) is 0 Å². The molecule has 21 heavy (non-hydrogen) atoms. The Bertz CT molecular complexity index is 664. The summed E-state index contributed by atoms with van der Waals surface area (Å²) < 4.78 is 37.4. The Morgan fingerprint density at radius 1 is 1.10 bits per heavy atom. The maximum Gasteiger partial charge on any atom is 0.416 e. The van der Waals surface area contributed by atoms with Crippen LogP contribution in [0.4, 0.5) is 24.5 Å². The molecule has 0 aliphatic heterocycles. The fourth-order valence-electron chi connectivity index (χ4n) is 1.83. The number of aryl methyl sites for hydroxylation is 1. The van der Waals surface area contributed by atoms with Crippen LogP contribution >= 0.6 is 0 Å². The van der Waals surface area contributed by atoms with E-state index in [0.29, 0.717) is 16.9 Å². The predicted molar refractivity (Wildman–Crippen MR) is 72.9 cm³/mol. The minimum atomic E-state index is -4.36. The SMILES string of the molecule is Cc1cc(C(=O)O)ccc1Nc1ccc(C(F)(F)F)cc1. The summed E-state index contributed by atoms with van der Waals surface area (Å²) in [5.41, 5.74) is 1.26. The predicted octanol–water partition coefficient (Wildman–Crippen LogP) is 4.46. The highest BCUT2D eigenvalue weighted by atomic mass is 19.4. The Hall–Kier alpha value is -2.50. The van der Waals surface area contributed by atoms with Gasteiger partial charge in [0, 0.05) is 11.4 Å². The summed E-state index contributed by atoms with van der Waals surface area (Å²) in [4.78, 5) is 10.8. The van der Waals surface area contributed by atoms with Crippen molar-refractivity contribution < 1.29 is 23.1 Å². The molecule has 0 bridgehead atoms. The second-order valence-electron chi connectivity index (χ2n) is 4.53. The zero-order valence-corrected chi connectivity index (χ0v) is 11.0. The smallest absolute Gasteiger partial charge is 0.416 e. The third-order valence-electron chi connectivity index (χ3n) is 2.96. The summed E-state index contributed by atoms with van der Waals surface area (Å²) in [6.07, 6.45) is -4.36. The standard InChI is InChI=1S/C15H12F3NO2/c1-9-8-10(14(20)21)2-7-13(9)19-12-5-3-11(4-6-12)15(16,17)18/h2-8,19H,1H3,(H,20,21). The van der Waals surface area contributed by atoms with E-state index in [2.05, 4.69) is 5.32 Å². The molecular formula is C15H12F3NO2. The number of hydrogen-bond acceptors (Lipinski definition) is 2. The van der Waals surface area contributed by atoms with Crippen LogP contribution < -0.4 is 5.32 Å². The Morgan fingerprint density at radius 3 is 2.19 bits per heavy atom. The van der Waals surface area contributed by atoms with Crippen LogP contribution in [-0.2, 0) is 6.18 Å². The van der Waals surface area contributed by atoms with Crippen LogP contribution in [0.1, 0.15) is 21.5 Å². The first-order valence-corrected chi connectivity index (χ1v) is 6.05. The summed E-state index contributed by atoms with van der Waals surface area (Å²) in [7, 11) is 0. The van der Waals surface area contributed by atoms with Crippen molar-refractivity contribution >= 4 is 17.3 Å². The van der Waals surface area contributed by atoms with Crippen LogP contribution in [0, 0.1) is 6.92 Å². The van der Waals surface area contributed by atoms with E-state index in [1.165, 1.54) is 24.3 Å². The molecule has 0 amide bonds. The number of nitrogens with one attached hydrogen (secondary N) is 1. The highest BCUT2D eigenvalue weighted by Crippen LogP contribution is 2.30. The molecule has 0 aliphatic rings. The molecule has 0 aliphatic carbocycles. The minimum absolute atomic E-state index is 0.158. The van der Waals surface area contributed by atoms with Gasteiger partial charge in [-0.3, -0.25) is 0 Å². The second-order valence-corrected chi connectivity index (χ2v) is 4.53. The molecule has 0 radical (unpaired) electrons. The second kappa shape index (κ2) is 5.47. The summed E-state index contributed by atoms with van der Waals surface area (Å²) in [5, 5.41) is 11.8. The summed E-state index contributed by atoms with van der Waals surface area (Å²) in [6, 6.07) is 9.14. The lowest BCUT2D eigenvalue weighted by molar-refractivity contribution is -0.137. The lowest BCUT2D eigenvalue weighted by Crippen LogP contribution is -2.04. The normalized spacial score (nSPS) is 11.2. The van der Waals surface area contributed by atoms with Gasteiger partial charge >= 0.3 is 12.1 Å².